The van der Waals surface area contributed by atoms with Crippen LogP contribution in [0.3, 0.4) is 0 Å². The molecule has 2 heterocycles. The largest absolute Gasteiger partial charge is 0.354 e. The molecule has 0 saturated carbocycles. The van der Waals surface area contributed by atoms with E-state index in [1.807, 2.05) is 36.9 Å². The monoisotopic (exact) mass is 343 g/mol. The van der Waals surface area contributed by atoms with Gasteiger partial charge in [-0.3, -0.25) is 9.59 Å². The quantitative estimate of drug-likeness (QED) is 0.879. The number of rotatable bonds is 4. The van der Waals surface area contributed by atoms with Crippen molar-refractivity contribution >= 4 is 11.8 Å². The zero-order valence-corrected chi connectivity index (χ0v) is 15.3. The number of aryl methyl sites for hydroxylation is 1. The van der Waals surface area contributed by atoms with Gasteiger partial charge in [0.15, 0.2) is 0 Å². The highest BCUT2D eigenvalue weighted by atomic mass is 16.2. The molecule has 0 aromatic heterocycles. The SMILES string of the molecule is Cc1cccc(C(=O)N2CCCC(CNC(=O)C3CCCN3)C2)c1C. The van der Waals surface area contributed by atoms with E-state index < -0.39 is 0 Å². The summed E-state index contributed by atoms with van der Waals surface area (Å²) in [7, 11) is 0. The average molecular weight is 343 g/mol. The third kappa shape index (κ3) is 4.21. The van der Waals surface area contributed by atoms with Gasteiger partial charge in [-0.25, -0.2) is 0 Å². The third-order valence-electron chi connectivity index (χ3n) is 5.58. The lowest BCUT2D eigenvalue weighted by Crippen LogP contribution is -2.46. The van der Waals surface area contributed by atoms with Gasteiger partial charge in [0.1, 0.15) is 0 Å². The molecule has 5 nitrogen and oxygen atoms in total. The van der Waals surface area contributed by atoms with E-state index in [2.05, 4.69) is 10.6 Å². The predicted molar refractivity (Wildman–Crippen MR) is 98.6 cm³/mol. The third-order valence-corrected chi connectivity index (χ3v) is 5.58. The maximum atomic E-state index is 12.9. The predicted octanol–water partition coefficient (Wildman–Crippen LogP) is 2.02. The summed E-state index contributed by atoms with van der Waals surface area (Å²) in [5.41, 5.74) is 3.02. The molecule has 3 rings (SSSR count). The van der Waals surface area contributed by atoms with Crippen LogP contribution in [0.5, 0.6) is 0 Å². The van der Waals surface area contributed by atoms with Crippen molar-refractivity contribution in [2.24, 2.45) is 5.92 Å². The van der Waals surface area contributed by atoms with Crippen molar-refractivity contribution in [1.29, 1.82) is 0 Å². The first-order valence-electron chi connectivity index (χ1n) is 9.43. The first kappa shape index (κ1) is 17.9. The summed E-state index contributed by atoms with van der Waals surface area (Å²) in [5, 5.41) is 6.30. The Morgan fingerprint density at radius 2 is 2.08 bits per heavy atom. The van der Waals surface area contributed by atoms with Crippen LogP contribution in [0.15, 0.2) is 18.2 Å². The van der Waals surface area contributed by atoms with Gasteiger partial charge < -0.3 is 15.5 Å². The Bertz CT molecular complexity index is 638. The molecule has 2 unspecified atom stereocenters. The molecule has 2 aliphatic heterocycles. The van der Waals surface area contributed by atoms with Gasteiger partial charge in [0.05, 0.1) is 6.04 Å². The van der Waals surface area contributed by atoms with Gasteiger partial charge >= 0.3 is 0 Å². The number of hydrogen-bond acceptors (Lipinski definition) is 3. The minimum absolute atomic E-state index is 0.0312. The molecule has 1 aromatic rings. The van der Waals surface area contributed by atoms with Crippen LogP contribution < -0.4 is 10.6 Å². The summed E-state index contributed by atoms with van der Waals surface area (Å²) in [6.07, 6.45) is 4.06. The fraction of sp³-hybridized carbons (Fsp3) is 0.600. The molecule has 2 fully saturated rings. The standard InChI is InChI=1S/C20H29N3O2/c1-14-6-3-8-17(15(14)2)20(25)23-11-5-7-16(13-23)12-22-19(24)18-9-4-10-21-18/h3,6,8,16,18,21H,4-5,7,9-13H2,1-2H3,(H,22,24). The first-order chi connectivity index (χ1) is 12.1. The summed E-state index contributed by atoms with van der Waals surface area (Å²) in [4.78, 5) is 27.0. The van der Waals surface area contributed by atoms with E-state index in [4.69, 9.17) is 0 Å². The Hall–Kier alpha value is -1.88. The van der Waals surface area contributed by atoms with Crippen LogP contribution in [0.1, 0.15) is 47.2 Å². The normalized spacial score (nSPS) is 23.5. The zero-order valence-electron chi connectivity index (χ0n) is 15.3. The van der Waals surface area contributed by atoms with Crippen molar-refractivity contribution in [1.82, 2.24) is 15.5 Å². The molecule has 136 valence electrons. The van der Waals surface area contributed by atoms with Crippen LogP contribution in [-0.2, 0) is 4.79 Å². The summed E-state index contributed by atoms with van der Waals surface area (Å²) in [6, 6.07) is 5.88. The number of likely N-dealkylation sites (tertiary alicyclic amines) is 1. The van der Waals surface area contributed by atoms with E-state index in [0.717, 1.165) is 62.0 Å². The number of nitrogens with one attached hydrogen (secondary N) is 2. The number of hydrogen-bond donors (Lipinski definition) is 2. The lowest BCUT2D eigenvalue weighted by molar-refractivity contribution is -0.123. The topological polar surface area (TPSA) is 61.4 Å². The Balaban J connectivity index is 1.56. The smallest absolute Gasteiger partial charge is 0.254 e. The highest BCUT2D eigenvalue weighted by molar-refractivity contribution is 5.96. The minimum Gasteiger partial charge on any atom is -0.354 e. The van der Waals surface area contributed by atoms with Crippen molar-refractivity contribution in [3.05, 3.63) is 34.9 Å². The zero-order chi connectivity index (χ0) is 17.8. The van der Waals surface area contributed by atoms with E-state index in [0.29, 0.717) is 12.5 Å². The van der Waals surface area contributed by atoms with Crippen LogP contribution in [0.25, 0.3) is 0 Å². The molecule has 2 amide bonds. The Morgan fingerprint density at radius 3 is 2.84 bits per heavy atom. The molecule has 0 radical (unpaired) electrons. The summed E-state index contributed by atoms with van der Waals surface area (Å²) in [5.74, 6) is 0.568. The van der Waals surface area contributed by atoms with Crippen molar-refractivity contribution < 1.29 is 9.59 Å². The highest BCUT2D eigenvalue weighted by Crippen LogP contribution is 2.21. The maximum Gasteiger partial charge on any atom is 0.254 e. The van der Waals surface area contributed by atoms with E-state index >= 15 is 0 Å². The number of carbonyl (C=O) groups excluding carboxylic acids is 2. The van der Waals surface area contributed by atoms with E-state index in [1.165, 1.54) is 0 Å². The van der Waals surface area contributed by atoms with Gasteiger partial charge in [0.2, 0.25) is 5.91 Å². The molecule has 2 N–H and O–H groups in total. The van der Waals surface area contributed by atoms with Crippen LogP contribution >= 0.6 is 0 Å². The molecule has 25 heavy (non-hydrogen) atoms. The molecule has 5 heteroatoms. The summed E-state index contributed by atoms with van der Waals surface area (Å²) >= 11 is 0. The fourth-order valence-corrected chi connectivity index (χ4v) is 3.85. The number of carbonyl (C=O) groups is 2. The van der Waals surface area contributed by atoms with Crippen molar-refractivity contribution in [3.8, 4) is 0 Å². The second-order valence-corrected chi connectivity index (χ2v) is 7.40. The fourth-order valence-electron chi connectivity index (χ4n) is 3.85. The summed E-state index contributed by atoms with van der Waals surface area (Å²) in [6.45, 7) is 7.18. The number of benzene rings is 1. The molecular formula is C20H29N3O2. The summed E-state index contributed by atoms with van der Waals surface area (Å²) < 4.78 is 0. The second kappa shape index (κ2) is 8.00. The van der Waals surface area contributed by atoms with Crippen LogP contribution in [0.2, 0.25) is 0 Å². The van der Waals surface area contributed by atoms with Crippen molar-refractivity contribution in [2.75, 3.05) is 26.2 Å². The van der Waals surface area contributed by atoms with Crippen LogP contribution in [0, 0.1) is 19.8 Å². The van der Waals surface area contributed by atoms with E-state index in [1.54, 1.807) is 0 Å². The van der Waals surface area contributed by atoms with Crippen molar-refractivity contribution in [2.45, 2.75) is 45.6 Å². The first-order valence-corrected chi connectivity index (χ1v) is 9.43. The van der Waals surface area contributed by atoms with Gasteiger partial charge in [-0.1, -0.05) is 12.1 Å². The maximum absolute atomic E-state index is 12.9. The molecule has 2 atom stereocenters. The van der Waals surface area contributed by atoms with E-state index in [9.17, 15) is 9.59 Å². The van der Waals surface area contributed by atoms with Gasteiger partial charge in [0, 0.05) is 25.2 Å². The Morgan fingerprint density at radius 1 is 1.24 bits per heavy atom. The Labute approximate surface area is 150 Å². The average Bonchev–Trinajstić information content (AvgIpc) is 3.16. The molecule has 1 aromatic carbocycles. The molecular weight excluding hydrogens is 314 g/mol. The Kier molecular flexibility index (Phi) is 5.74. The van der Waals surface area contributed by atoms with E-state index in [-0.39, 0.29) is 17.9 Å². The minimum atomic E-state index is -0.0312. The highest BCUT2D eigenvalue weighted by Gasteiger charge is 2.27. The molecule has 0 aliphatic carbocycles. The molecule has 0 spiro atoms. The van der Waals surface area contributed by atoms with Crippen molar-refractivity contribution in [3.63, 3.8) is 0 Å². The molecule has 2 saturated heterocycles. The number of nitrogens with zero attached hydrogens (tertiary/aromatic N) is 1. The van der Waals surface area contributed by atoms with Gasteiger partial charge in [0.25, 0.3) is 5.91 Å². The van der Waals surface area contributed by atoms with Crippen LogP contribution in [-0.4, -0.2) is 48.9 Å². The van der Waals surface area contributed by atoms with Gasteiger partial charge in [-0.2, -0.15) is 0 Å². The lowest BCUT2D eigenvalue weighted by Gasteiger charge is -2.33. The number of piperidine rings is 1. The van der Waals surface area contributed by atoms with Crippen LogP contribution in [0.4, 0.5) is 0 Å². The molecule has 2 aliphatic rings. The molecule has 0 bridgehead atoms. The number of amides is 2. The van der Waals surface area contributed by atoms with Gasteiger partial charge in [-0.15, -0.1) is 0 Å². The second-order valence-electron chi connectivity index (χ2n) is 7.40. The van der Waals surface area contributed by atoms with Gasteiger partial charge in [-0.05, 0) is 69.2 Å². The lowest BCUT2D eigenvalue weighted by atomic mass is 9.96.